The van der Waals surface area contributed by atoms with Gasteiger partial charge in [-0.15, -0.1) is 0 Å². The van der Waals surface area contributed by atoms with Crippen LogP contribution in [-0.4, -0.2) is 16.5 Å². The number of rotatable bonds is 5. The lowest BCUT2D eigenvalue weighted by Crippen LogP contribution is -2.34. The first-order valence-corrected chi connectivity index (χ1v) is 7.75. The van der Waals surface area contributed by atoms with Crippen molar-refractivity contribution in [2.75, 3.05) is 0 Å². The van der Waals surface area contributed by atoms with Crippen molar-refractivity contribution in [3.63, 3.8) is 0 Å². The molecule has 1 atom stereocenters. The Labute approximate surface area is 135 Å². The molecule has 0 aliphatic carbocycles. The van der Waals surface area contributed by atoms with Crippen molar-refractivity contribution in [3.8, 4) is 0 Å². The predicted molar refractivity (Wildman–Crippen MR) is 86.6 cm³/mol. The summed E-state index contributed by atoms with van der Waals surface area (Å²) in [4.78, 5) is 12.5. The van der Waals surface area contributed by atoms with Crippen molar-refractivity contribution in [1.82, 2.24) is 9.88 Å². The van der Waals surface area contributed by atoms with E-state index in [1.54, 1.807) is 4.57 Å². The van der Waals surface area contributed by atoms with Crippen molar-refractivity contribution < 1.29 is 13.6 Å². The number of aryl methyl sites for hydroxylation is 2. The summed E-state index contributed by atoms with van der Waals surface area (Å²) >= 11 is 0. The number of benzene rings is 1. The normalized spacial score (nSPS) is 12.3. The molecular formula is C18H22F2N2O. The smallest absolute Gasteiger partial charge is 0.268 e. The van der Waals surface area contributed by atoms with E-state index in [0.717, 1.165) is 17.7 Å². The van der Waals surface area contributed by atoms with Gasteiger partial charge in [-0.2, -0.15) is 0 Å². The molecule has 0 saturated heterocycles. The Hall–Kier alpha value is -2.17. The number of amides is 1. The molecule has 0 spiro atoms. The van der Waals surface area contributed by atoms with E-state index in [-0.39, 0.29) is 24.1 Å². The quantitative estimate of drug-likeness (QED) is 0.889. The van der Waals surface area contributed by atoms with Crippen LogP contribution in [0, 0.1) is 25.5 Å². The Bertz CT molecular complexity index is 702. The van der Waals surface area contributed by atoms with Crippen molar-refractivity contribution in [1.29, 1.82) is 0 Å². The fourth-order valence-electron chi connectivity index (χ4n) is 2.59. The molecule has 1 N–H and O–H groups in total. The van der Waals surface area contributed by atoms with Crippen LogP contribution >= 0.6 is 0 Å². The summed E-state index contributed by atoms with van der Waals surface area (Å²) in [6.07, 6.45) is 0.812. The van der Waals surface area contributed by atoms with Crippen LogP contribution in [0.25, 0.3) is 0 Å². The largest absolute Gasteiger partial charge is 0.348 e. The van der Waals surface area contributed by atoms with E-state index in [9.17, 15) is 13.6 Å². The van der Waals surface area contributed by atoms with E-state index in [2.05, 4.69) is 5.32 Å². The van der Waals surface area contributed by atoms with Gasteiger partial charge in [-0.3, -0.25) is 4.79 Å². The number of hydrogen-bond acceptors (Lipinski definition) is 1. The fraction of sp³-hybridized carbons (Fsp3) is 0.389. The second-order valence-corrected chi connectivity index (χ2v) is 5.89. The summed E-state index contributed by atoms with van der Waals surface area (Å²) in [6.45, 7) is 7.54. The van der Waals surface area contributed by atoms with Crippen LogP contribution in [0.2, 0.25) is 0 Å². The summed E-state index contributed by atoms with van der Waals surface area (Å²) in [5, 5.41) is 2.91. The minimum atomic E-state index is -0.607. The van der Waals surface area contributed by atoms with Gasteiger partial charge < -0.3 is 9.88 Å². The maximum atomic E-state index is 13.9. The van der Waals surface area contributed by atoms with E-state index in [1.807, 2.05) is 33.8 Å². The third-order valence-electron chi connectivity index (χ3n) is 4.08. The van der Waals surface area contributed by atoms with Crippen LogP contribution in [-0.2, 0) is 6.54 Å². The lowest BCUT2D eigenvalue weighted by Gasteiger charge is -2.16. The topological polar surface area (TPSA) is 34.0 Å². The number of nitrogens with one attached hydrogen (secondary N) is 1. The summed E-state index contributed by atoms with van der Waals surface area (Å²) < 4.78 is 29.5. The van der Waals surface area contributed by atoms with Gasteiger partial charge in [-0.25, -0.2) is 8.78 Å². The van der Waals surface area contributed by atoms with Gasteiger partial charge in [0.1, 0.15) is 17.3 Å². The molecule has 1 heterocycles. The lowest BCUT2D eigenvalue weighted by molar-refractivity contribution is 0.0929. The molecule has 0 aliphatic heterocycles. The van der Waals surface area contributed by atoms with Gasteiger partial charge in [0.15, 0.2) is 0 Å². The highest BCUT2D eigenvalue weighted by Crippen LogP contribution is 2.20. The number of hydrogen-bond donors (Lipinski definition) is 1. The molecule has 124 valence electrons. The fourth-order valence-corrected chi connectivity index (χ4v) is 2.59. The first-order chi connectivity index (χ1) is 10.8. The van der Waals surface area contributed by atoms with Crippen LogP contribution in [0.3, 0.4) is 0 Å². The third-order valence-corrected chi connectivity index (χ3v) is 4.08. The summed E-state index contributed by atoms with van der Waals surface area (Å²) in [5.41, 5.74) is 1.99. The summed E-state index contributed by atoms with van der Waals surface area (Å²) in [6, 6.07) is 5.67. The van der Waals surface area contributed by atoms with Gasteiger partial charge in [-0.1, -0.05) is 13.0 Å². The van der Waals surface area contributed by atoms with Gasteiger partial charge >= 0.3 is 0 Å². The molecule has 1 aromatic heterocycles. The van der Waals surface area contributed by atoms with Crippen molar-refractivity contribution in [2.24, 2.45) is 0 Å². The van der Waals surface area contributed by atoms with Gasteiger partial charge in [0, 0.05) is 17.3 Å². The zero-order chi connectivity index (χ0) is 17.1. The van der Waals surface area contributed by atoms with Gasteiger partial charge in [0.05, 0.1) is 6.54 Å². The molecule has 1 amide bonds. The van der Waals surface area contributed by atoms with E-state index in [4.69, 9.17) is 0 Å². The highest BCUT2D eigenvalue weighted by molar-refractivity contribution is 5.94. The summed E-state index contributed by atoms with van der Waals surface area (Å²) in [7, 11) is 0. The Kier molecular flexibility index (Phi) is 5.19. The zero-order valence-electron chi connectivity index (χ0n) is 13.9. The molecular weight excluding hydrogens is 298 g/mol. The first-order valence-electron chi connectivity index (χ1n) is 7.75. The van der Waals surface area contributed by atoms with E-state index < -0.39 is 11.6 Å². The molecule has 3 nitrogen and oxygen atoms in total. The van der Waals surface area contributed by atoms with E-state index >= 15 is 0 Å². The second kappa shape index (κ2) is 6.94. The number of halogens is 2. The van der Waals surface area contributed by atoms with E-state index in [1.165, 1.54) is 18.2 Å². The maximum Gasteiger partial charge on any atom is 0.268 e. The minimum absolute atomic E-state index is 0.0125. The first kappa shape index (κ1) is 17.2. The van der Waals surface area contributed by atoms with Crippen molar-refractivity contribution in [3.05, 3.63) is 58.4 Å². The molecule has 2 aromatic rings. The summed E-state index contributed by atoms with van der Waals surface area (Å²) in [5.74, 6) is -1.44. The standard InChI is InChI=1S/C18H22F2N2O/c1-5-12(3)21-18(23)17-11(2)9-13(4)22(17)10-14-15(19)7-6-8-16(14)20/h6-9,12H,5,10H2,1-4H3,(H,21,23)/t12-/m0/s1. The van der Waals surface area contributed by atoms with Crippen molar-refractivity contribution in [2.45, 2.75) is 46.7 Å². The van der Waals surface area contributed by atoms with Crippen LogP contribution in [0.4, 0.5) is 8.78 Å². The van der Waals surface area contributed by atoms with E-state index in [0.29, 0.717) is 5.69 Å². The monoisotopic (exact) mass is 320 g/mol. The van der Waals surface area contributed by atoms with Crippen molar-refractivity contribution >= 4 is 5.91 Å². The third kappa shape index (κ3) is 3.60. The number of carbonyl (C=O) groups is 1. The number of nitrogens with zero attached hydrogens (tertiary/aromatic N) is 1. The molecule has 0 unspecified atom stereocenters. The highest BCUT2D eigenvalue weighted by atomic mass is 19.1. The molecule has 0 bridgehead atoms. The SMILES string of the molecule is CC[C@H](C)NC(=O)c1c(C)cc(C)n1Cc1c(F)cccc1F. The minimum Gasteiger partial charge on any atom is -0.348 e. The Balaban J connectivity index is 2.41. The Morgan fingerprint density at radius 3 is 2.43 bits per heavy atom. The van der Waals surface area contributed by atoms with Gasteiger partial charge in [0.2, 0.25) is 0 Å². The van der Waals surface area contributed by atoms with Crippen LogP contribution in [0.1, 0.15) is 47.6 Å². The average Bonchev–Trinajstić information content (AvgIpc) is 2.76. The molecule has 5 heteroatoms. The number of aromatic nitrogens is 1. The Morgan fingerprint density at radius 1 is 1.26 bits per heavy atom. The molecule has 0 radical (unpaired) electrons. The highest BCUT2D eigenvalue weighted by Gasteiger charge is 2.20. The zero-order valence-corrected chi connectivity index (χ0v) is 13.9. The van der Waals surface area contributed by atoms with Crippen LogP contribution in [0.15, 0.2) is 24.3 Å². The maximum absolute atomic E-state index is 13.9. The average molecular weight is 320 g/mol. The molecule has 1 aromatic carbocycles. The lowest BCUT2D eigenvalue weighted by atomic mass is 10.2. The van der Waals surface area contributed by atoms with Crippen LogP contribution in [0.5, 0.6) is 0 Å². The molecule has 23 heavy (non-hydrogen) atoms. The molecule has 0 aliphatic rings. The second-order valence-electron chi connectivity index (χ2n) is 5.89. The van der Waals surface area contributed by atoms with Gasteiger partial charge in [-0.05, 0) is 51.0 Å². The number of carbonyl (C=O) groups excluding carboxylic acids is 1. The Morgan fingerprint density at radius 2 is 1.87 bits per heavy atom. The molecule has 0 saturated carbocycles. The molecule has 0 fully saturated rings. The predicted octanol–water partition coefficient (Wildman–Crippen LogP) is 3.96. The van der Waals surface area contributed by atoms with Gasteiger partial charge in [0.25, 0.3) is 5.91 Å². The molecule has 2 rings (SSSR count). The van der Waals surface area contributed by atoms with Crippen LogP contribution < -0.4 is 5.32 Å².